The molecule has 0 bridgehead atoms. The van der Waals surface area contributed by atoms with E-state index >= 15 is 0 Å². The van der Waals surface area contributed by atoms with Crippen LogP contribution < -0.4 is 5.32 Å². The van der Waals surface area contributed by atoms with Crippen molar-refractivity contribution in [1.82, 2.24) is 14.5 Å². The standard InChI is InChI=1S/C19H22ClN3O5S/c20-16-5-3-15(4-6-16)14-18(24)21-7-13-29(26,27)23-10-8-22(9-11-23)19(25)17-2-1-12-28-17/h1-6,12H,7-11,13-14H2,(H,21,24). The van der Waals surface area contributed by atoms with E-state index in [4.69, 9.17) is 16.0 Å². The zero-order valence-electron chi connectivity index (χ0n) is 15.7. The van der Waals surface area contributed by atoms with E-state index in [0.717, 1.165) is 5.56 Å². The quantitative estimate of drug-likeness (QED) is 0.702. The van der Waals surface area contributed by atoms with Crippen LogP contribution in [0.3, 0.4) is 0 Å². The lowest BCUT2D eigenvalue weighted by Gasteiger charge is -2.33. The molecule has 1 saturated heterocycles. The van der Waals surface area contributed by atoms with Gasteiger partial charge in [0.15, 0.2) is 5.76 Å². The van der Waals surface area contributed by atoms with Gasteiger partial charge in [-0.25, -0.2) is 8.42 Å². The molecule has 0 radical (unpaired) electrons. The van der Waals surface area contributed by atoms with E-state index < -0.39 is 10.0 Å². The molecular formula is C19H22ClN3O5S. The highest BCUT2D eigenvalue weighted by Gasteiger charge is 2.29. The number of hydrogen-bond acceptors (Lipinski definition) is 5. The van der Waals surface area contributed by atoms with Crippen LogP contribution >= 0.6 is 11.6 Å². The number of sulfonamides is 1. The van der Waals surface area contributed by atoms with Gasteiger partial charge in [0, 0.05) is 37.7 Å². The van der Waals surface area contributed by atoms with E-state index in [1.807, 2.05) is 0 Å². The minimum absolute atomic E-state index is 0.0281. The zero-order valence-corrected chi connectivity index (χ0v) is 17.3. The van der Waals surface area contributed by atoms with Crippen LogP contribution in [0.25, 0.3) is 0 Å². The molecule has 0 atom stereocenters. The summed E-state index contributed by atoms with van der Waals surface area (Å²) in [4.78, 5) is 25.8. The van der Waals surface area contributed by atoms with Crippen molar-refractivity contribution in [1.29, 1.82) is 0 Å². The fourth-order valence-electron chi connectivity index (χ4n) is 3.02. The maximum absolute atomic E-state index is 12.5. The summed E-state index contributed by atoms with van der Waals surface area (Å²) in [6.07, 6.45) is 1.58. The van der Waals surface area contributed by atoms with Crippen molar-refractivity contribution in [3.63, 3.8) is 0 Å². The Morgan fingerprint density at radius 2 is 1.76 bits per heavy atom. The van der Waals surface area contributed by atoms with E-state index in [1.165, 1.54) is 10.6 Å². The normalized spacial score (nSPS) is 15.3. The highest BCUT2D eigenvalue weighted by Crippen LogP contribution is 2.12. The molecular weight excluding hydrogens is 418 g/mol. The molecule has 2 heterocycles. The highest BCUT2D eigenvalue weighted by atomic mass is 35.5. The molecule has 29 heavy (non-hydrogen) atoms. The van der Waals surface area contributed by atoms with E-state index in [-0.39, 0.29) is 49.4 Å². The molecule has 0 unspecified atom stereocenters. The Bertz CT molecular complexity index is 937. The molecule has 1 aromatic carbocycles. The molecule has 0 spiro atoms. The SMILES string of the molecule is O=C(Cc1ccc(Cl)cc1)NCCS(=O)(=O)N1CCN(C(=O)c2ccco2)CC1. The van der Waals surface area contributed by atoms with Crippen LogP contribution in [-0.4, -0.2) is 67.9 Å². The third-order valence-corrected chi connectivity index (χ3v) is 6.74. The third kappa shape index (κ3) is 5.81. The Morgan fingerprint density at radius 3 is 2.38 bits per heavy atom. The number of benzene rings is 1. The summed E-state index contributed by atoms with van der Waals surface area (Å²) in [5.41, 5.74) is 0.798. The lowest BCUT2D eigenvalue weighted by atomic mass is 10.1. The van der Waals surface area contributed by atoms with Crippen LogP contribution in [0.5, 0.6) is 0 Å². The van der Waals surface area contributed by atoms with Gasteiger partial charge in [-0.1, -0.05) is 23.7 Å². The largest absolute Gasteiger partial charge is 0.459 e. The molecule has 3 rings (SSSR count). The number of hydrogen-bond donors (Lipinski definition) is 1. The Hall–Kier alpha value is -2.36. The number of carbonyl (C=O) groups is 2. The Kier molecular flexibility index (Phi) is 6.94. The molecule has 1 aromatic heterocycles. The van der Waals surface area contributed by atoms with Crippen LogP contribution in [0.2, 0.25) is 5.02 Å². The molecule has 10 heteroatoms. The highest BCUT2D eigenvalue weighted by molar-refractivity contribution is 7.89. The average Bonchev–Trinajstić information content (AvgIpc) is 3.24. The van der Waals surface area contributed by atoms with Gasteiger partial charge in [0.1, 0.15) is 0 Å². The van der Waals surface area contributed by atoms with Gasteiger partial charge in [-0.3, -0.25) is 9.59 Å². The predicted octanol–water partition coefficient (Wildman–Crippen LogP) is 1.38. The third-order valence-electron chi connectivity index (χ3n) is 4.61. The molecule has 156 valence electrons. The topological polar surface area (TPSA) is 99.9 Å². The van der Waals surface area contributed by atoms with Crippen LogP contribution in [-0.2, 0) is 21.2 Å². The smallest absolute Gasteiger partial charge is 0.289 e. The molecule has 2 aromatic rings. The maximum atomic E-state index is 12.5. The van der Waals surface area contributed by atoms with Crippen molar-refractivity contribution < 1.29 is 22.4 Å². The number of nitrogens with one attached hydrogen (secondary N) is 1. The van der Waals surface area contributed by atoms with Crippen LogP contribution in [0.15, 0.2) is 47.1 Å². The number of halogens is 1. The monoisotopic (exact) mass is 439 g/mol. The first-order chi connectivity index (χ1) is 13.8. The second-order valence-electron chi connectivity index (χ2n) is 6.64. The first kappa shape index (κ1) is 21.4. The van der Waals surface area contributed by atoms with Crippen molar-refractivity contribution in [2.24, 2.45) is 0 Å². The van der Waals surface area contributed by atoms with Crippen LogP contribution in [0.4, 0.5) is 0 Å². The van der Waals surface area contributed by atoms with Gasteiger partial charge in [0.05, 0.1) is 18.4 Å². The van der Waals surface area contributed by atoms with Gasteiger partial charge in [-0.15, -0.1) is 0 Å². The van der Waals surface area contributed by atoms with Gasteiger partial charge in [0.25, 0.3) is 5.91 Å². The molecule has 1 aliphatic rings. The van der Waals surface area contributed by atoms with E-state index in [2.05, 4.69) is 5.32 Å². The van der Waals surface area contributed by atoms with E-state index in [1.54, 1.807) is 41.3 Å². The number of furan rings is 1. The predicted molar refractivity (Wildman–Crippen MR) is 108 cm³/mol. The second-order valence-corrected chi connectivity index (χ2v) is 9.16. The Labute approximate surface area is 174 Å². The zero-order chi connectivity index (χ0) is 20.9. The van der Waals surface area contributed by atoms with Gasteiger partial charge in [-0.05, 0) is 29.8 Å². The number of rotatable bonds is 7. The van der Waals surface area contributed by atoms with Gasteiger partial charge in [0.2, 0.25) is 15.9 Å². The molecule has 1 fully saturated rings. The van der Waals surface area contributed by atoms with Crippen molar-refractivity contribution in [3.05, 3.63) is 59.0 Å². The van der Waals surface area contributed by atoms with Gasteiger partial charge in [-0.2, -0.15) is 4.31 Å². The minimum Gasteiger partial charge on any atom is -0.459 e. The van der Waals surface area contributed by atoms with Crippen LogP contribution in [0, 0.1) is 0 Å². The summed E-state index contributed by atoms with van der Waals surface area (Å²) in [7, 11) is -3.52. The number of amides is 2. The molecule has 0 aliphatic carbocycles. The maximum Gasteiger partial charge on any atom is 0.289 e. The second kappa shape index (κ2) is 9.43. The van der Waals surface area contributed by atoms with Gasteiger partial charge >= 0.3 is 0 Å². The molecule has 2 amide bonds. The molecule has 8 nitrogen and oxygen atoms in total. The summed E-state index contributed by atoms with van der Waals surface area (Å²) in [6, 6.07) is 10.1. The molecule has 0 saturated carbocycles. The summed E-state index contributed by atoms with van der Waals surface area (Å²) >= 11 is 5.81. The first-order valence-corrected chi connectivity index (χ1v) is 11.2. The fraction of sp³-hybridized carbons (Fsp3) is 0.368. The van der Waals surface area contributed by atoms with Crippen LogP contribution in [0.1, 0.15) is 16.1 Å². The summed E-state index contributed by atoms with van der Waals surface area (Å²) in [6.45, 7) is 1.05. The van der Waals surface area contributed by atoms with Gasteiger partial charge < -0.3 is 14.6 Å². The number of nitrogens with zero attached hydrogens (tertiary/aromatic N) is 2. The van der Waals surface area contributed by atoms with Crippen molar-refractivity contribution in [2.45, 2.75) is 6.42 Å². The Balaban J connectivity index is 1.42. The van der Waals surface area contributed by atoms with Crippen molar-refractivity contribution >= 4 is 33.4 Å². The molecule has 1 aliphatic heterocycles. The fourth-order valence-corrected chi connectivity index (χ4v) is 4.49. The van der Waals surface area contributed by atoms with Crippen molar-refractivity contribution in [3.8, 4) is 0 Å². The summed E-state index contributed by atoms with van der Waals surface area (Å²) < 4.78 is 31.5. The first-order valence-electron chi connectivity index (χ1n) is 9.17. The lowest BCUT2D eigenvalue weighted by molar-refractivity contribution is -0.120. The lowest BCUT2D eigenvalue weighted by Crippen LogP contribution is -2.51. The average molecular weight is 440 g/mol. The number of carbonyl (C=O) groups excluding carboxylic acids is 2. The van der Waals surface area contributed by atoms with E-state index in [9.17, 15) is 18.0 Å². The van der Waals surface area contributed by atoms with Crippen molar-refractivity contribution in [2.75, 3.05) is 38.5 Å². The summed E-state index contributed by atoms with van der Waals surface area (Å²) in [5.74, 6) is -0.450. The van der Waals surface area contributed by atoms with E-state index in [0.29, 0.717) is 18.1 Å². The summed E-state index contributed by atoms with van der Waals surface area (Å²) in [5, 5.41) is 3.22. The minimum atomic E-state index is -3.52. The number of piperazine rings is 1. The molecule has 1 N–H and O–H groups in total. The Morgan fingerprint density at radius 1 is 1.07 bits per heavy atom.